The highest BCUT2D eigenvalue weighted by atomic mass is 79.9. The van der Waals surface area contributed by atoms with Gasteiger partial charge in [-0.1, -0.05) is 46.3 Å². The molecule has 5 nitrogen and oxygen atoms in total. The largest absolute Gasteiger partial charge is 0.486 e. The zero-order valence-electron chi connectivity index (χ0n) is 14.7. The molecule has 0 bridgehead atoms. The minimum absolute atomic E-state index is 0.0413. The zero-order valence-corrected chi connectivity index (χ0v) is 17.1. The van der Waals surface area contributed by atoms with Crippen LogP contribution in [0, 0.1) is 0 Å². The maximum absolute atomic E-state index is 12.5. The van der Waals surface area contributed by atoms with Gasteiger partial charge in [0, 0.05) is 16.6 Å². The number of ether oxygens (including phenoxy) is 2. The van der Waals surface area contributed by atoms with Crippen molar-refractivity contribution in [3.05, 3.63) is 58.1 Å². The predicted molar refractivity (Wildman–Crippen MR) is 111 cm³/mol. The van der Waals surface area contributed by atoms with E-state index in [2.05, 4.69) is 21.0 Å². The van der Waals surface area contributed by atoms with Crippen molar-refractivity contribution < 1.29 is 14.3 Å². The Morgan fingerprint density at radius 2 is 1.89 bits per heavy atom. The van der Waals surface area contributed by atoms with Gasteiger partial charge >= 0.3 is 0 Å². The monoisotopic (exact) mass is 446 g/mol. The van der Waals surface area contributed by atoms with Crippen LogP contribution in [0.15, 0.2) is 52.0 Å². The first-order valence-electron chi connectivity index (χ1n) is 8.80. The fourth-order valence-electron chi connectivity index (χ4n) is 3.01. The summed E-state index contributed by atoms with van der Waals surface area (Å²) in [5, 5.41) is 6.09. The van der Waals surface area contributed by atoms with Gasteiger partial charge in [0.1, 0.15) is 13.2 Å². The standard InChI is InChI=1S/C20H19BrN2O3S/c21-16-11-19-18(25-8-9-26-19)10-15(16)12-27-13-20(24)23-7-6-17(22-23)14-4-2-1-3-5-14/h1-5,10-11H,6-9,12-13H2. The summed E-state index contributed by atoms with van der Waals surface area (Å²) in [5.41, 5.74) is 3.15. The summed E-state index contributed by atoms with van der Waals surface area (Å²) in [6.45, 7) is 1.79. The number of rotatable bonds is 5. The Kier molecular flexibility index (Phi) is 5.69. The number of hydrazone groups is 1. The molecule has 0 spiro atoms. The molecule has 0 atom stereocenters. The number of fused-ring (bicyclic) bond motifs is 1. The topological polar surface area (TPSA) is 51.1 Å². The Bertz CT molecular complexity index is 873. The van der Waals surface area contributed by atoms with Crippen LogP contribution >= 0.6 is 27.7 Å². The van der Waals surface area contributed by atoms with Crippen molar-refractivity contribution in [3.8, 4) is 11.5 Å². The van der Waals surface area contributed by atoms with Gasteiger partial charge < -0.3 is 9.47 Å². The lowest BCUT2D eigenvalue weighted by Crippen LogP contribution is -2.25. The molecule has 0 aliphatic carbocycles. The van der Waals surface area contributed by atoms with E-state index in [-0.39, 0.29) is 5.91 Å². The molecule has 2 aromatic carbocycles. The third-order valence-corrected chi connectivity index (χ3v) is 6.10. The maximum Gasteiger partial charge on any atom is 0.252 e. The molecule has 0 fully saturated rings. The summed E-state index contributed by atoms with van der Waals surface area (Å²) < 4.78 is 12.2. The molecule has 0 radical (unpaired) electrons. The van der Waals surface area contributed by atoms with E-state index in [1.165, 1.54) is 0 Å². The van der Waals surface area contributed by atoms with Gasteiger partial charge in [0.05, 0.1) is 18.0 Å². The van der Waals surface area contributed by atoms with Crippen molar-refractivity contribution in [2.45, 2.75) is 12.2 Å². The minimum Gasteiger partial charge on any atom is -0.486 e. The first-order valence-corrected chi connectivity index (χ1v) is 10.7. The fourth-order valence-corrected chi connectivity index (χ4v) is 4.54. The van der Waals surface area contributed by atoms with Gasteiger partial charge in [-0.25, -0.2) is 5.01 Å². The average molecular weight is 447 g/mol. The SMILES string of the molecule is O=C(CSCc1cc2c(cc1Br)OCCO2)N1CCC(c2ccccc2)=N1. The molecule has 0 aromatic heterocycles. The molecular weight excluding hydrogens is 428 g/mol. The number of hydrogen-bond acceptors (Lipinski definition) is 5. The molecule has 0 unspecified atom stereocenters. The summed E-state index contributed by atoms with van der Waals surface area (Å²) in [4.78, 5) is 12.5. The van der Waals surface area contributed by atoms with Crippen LogP contribution in [0.5, 0.6) is 11.5 Å². The maximum atomic E-state index is 12.5. The molecular formula is C20H19BrN2O3S. The van der Waals surface area contributed by atoms with Crippen LogP contribution in [0.1, 0.15) is 17.5 Å². The highest BCUT2D eigenvalue weighted by Gasteiger charge is 2.21. The summed E-state index contributed by atoms with van der Waals surface area (Å²) in [5.74, 6) is 2.68. The van der Waals surface area contributed by atoms with Crippen LogP contribution in [-0.2, 0) is 10.5 Å². The Balaban J connectivity index is 1.33. The Morgan fingerprint density at radius 1 is 1.15 bits per heavy atom. The van der Waals surface area contributed by atoms with Gasteiger partial charge in [-0.3, -0.25) is 4.79 Å². The van der Waals surface area contributed by atoms with Crippen LogP contribution in [-0.4, -0.2) is 42.1 Å². The van der Waals surface area contributed by atoms with Crippen molar-refractivity contribution >= 4 is 39.3 Å². The Hall–Kier alpha value is -1.99. The fraction of sp³-hybridized carbons (Fsp3) is 0.300. The number of hydrogen-bond donors (Lipinski definition) is 0. The van der Waals surface area contributed by atoms with Crippen LogP contribution in [0.25, 0.3) is 0 Å². The second-order valence-corrected chi connectivity index (χ2v) is 8.10. The first-order chi connectivity index (χ1) is 13.2. The van der Waals surface area contributed by atoms with Gasteiger partial charge in [0.15, 0.2) is 11.5 Å². The van der Waals surface area contributed by atoms with E-state index < -0.39 is 0 Å². The molecule has 7 heteroatoms. The van der Waals surface area contributed by atoms with Crippen molar-refractivity contribution in [1.82, 2.24) is 5.01 Å². The predicted octanol–water partition coefficient (Wildman–Crippen LogP) is 4.09. The molecule has 0 N–H and O–H groups in total. The zero-order chi connectivity index (χ0) is 18.6. The summed E-state index contributed by atoms with van der Waals surface area (Å²) in [7, 11) is 0. The molecule has 2 aromatic rings. The smallest absolute Gasteiger partial charge is 0.252 e. The molecule has 27 heavy (non-hydrogen) atoms. The molecule has 1 amide bonds. The number of nitrogens with zero attached hydrogens (tertiary/aromatic N) is 2. The second-order valence-electron chi connectivity index (χ2n) is 6.26. The lowest BCUT2D eigenvalue weighted by molar-refractivity contribution is -0.127. The molecule has 2 aliphatic rings. The third kappa shape index (κ3) is 4.30. The van der Waals surface area contributed by atoms with Gasteiger partial charge in [0.25, 0.3) is 5.91 Å². The lowest BCUT2D eigenvalue weighted by Gasteiger charge is -2.20. The Labute approximate surface area is 170 Å². The molecule has 4 rings (SSSR count). The number of thioether (sulfide) groups is 1. The van der Waals surface area contributed by atoms with Crippen LogP contribution in [0.3, 0.4) is 0 Å². The number of carbonyl (C=O) groups is 1. The molecule has 0 saturated heterocycles. The Morgan fingerprint density at radius 3 is 2.67 bits per heavy atom. The van der Waals surface area contributed by atoms with E-state index in [1.54, 1.807) is 16.8 Å². The lowest BCUT2D eigenvalue weighted by atomic mass is 10.1. The minimum atomic E-state index is 0.0413. The highest BCUT2D eigenvalue weighted by molar-refractivity contribution is 9.10. The average Bonchev–Trinajstić information content (AvgIpc) is 3.19. The number of carbonyl (C=O) groups excluding carboxylic acids is 1. The van der Waals surface area contributed by atoms with Crippen LogP contribution < -0.4 is 9.47 Å². The van der Waals surface area contributed by atoms with E-state index in [0.29, 0.717) is 31.3 Å². The van der Waals surface area contributed by atoms with E-state index in [1.807, 2.05) is 42.5 Å². The number of halogens is 1. The molecule has 2 heterocycles. The third-order valence-electron chi connectivity index (χ3n) is 4.39. The van der Waals surface area contributed by atoms with Crippen LogP contribution in [0.2, 0.25) is 0 Å². The molecule has 2 aliphatic heterocycles. The van der Waals surface area contributed by atoms with Gasteiger partial charge in [-0.15, -0.1) is 11.8 Å². The second kappa shape index (κ2) is 8.35. The van der Waals surface area contributed by atoms with Crippen molar-refractivity contribution in [1.29, 1.82) is 0 Å². The van der Waals surface area contributed by atoms with E-state index >= 15 is 0 Å². The van der Waals surface area contributed by atoms with E-state index in [4.69, 9.17) is 9.47 Å². The summed E-state index contributed by atoms with van der Waals surface area (Å²) in [6, 6.07) is 13.9. The molecule has 0 saturated carbocycles. The van der Waals surface area contributed by atoms with E-state index in [0.717, 1.165) is 39.2 Å². The van der Waals surface area contributed by atoms with Crippen molar-refractivity contribution in [2.24, 2.45) is 5.10 Å². The number of benzene rings is 2. The van der Waals surface area contributed by atoms with Gasteiger partial charge in [-0.2, -0.15) is 5.10 Å². The van der Waals surface area contributed by atoms with Gasteiger partial charge in [-0.05, 0) is 23.3 Å². The molecule has 140 valence electrons. The van der Waals surface area contributed by atoms with Crippen molar-refractivity contribution in [3.63, 3.8) is 0 Å². The quantitative estimate of drug-likeness (QED) is 0.693. The van der Waals surface area contributed by atoms with Gasteiger partial charge in [0.2, 0.25) is 0 Å². The van der Waals surface area contributed by atoms with Crippen molar-refractivity contribution in [2.75, 3.05) is 25.5 Å². The summed E-state index contributed by atoms with van der Waals surface area (Å²) >= 11 is 5.15. The van der Waals surface area contributed by atoms with Crippen LogP contribution in [0.4, 0.5) is 0 Å². The summed E-state index contributed by atoms with van der Waals surface area (Å²) in [6.07, 6.45) is 0.800. The number of amides is 1. The van der Waals surface area contributed by atoms with E-state index in [9.17, 15) is 4.79 Å². The highest BCUT2D eigenvalue weighted by Crippen LogP contribution is 2.36. The first kappa shape index (κ1) is 18.4. The normalized spacial score (nSPS) is 15.6.